The number of amides is 1. The first-order valence-electron chi connectivity index (χ1n) is 6.82. The van der Waals surface area contributed by atoms with Crippen molar-refractivity contribution in [2.45, 2.75) is 37.0 Å². The average molecular weight is 298 g/mol. The highest BCUT2D eigenvalue weighted by atomic mass is 35.5. The van der Waals surface area contributed by atoms with E-state index in [-0.39, 0.29) is 5.91 Å². The number of halogens is 1. The Labute approximate surface area is 125 Å². The van der Waals surface area contributed by atoms with E-state index in [4.69, 9.17) is 11.6 Å². The van der Waals surface area contributed by atoms with Crippen molar-refractivity contribution in [2.24, 2.45) is 5.92 Å². The number of carbonyl (C=O) groups excluding carboxylic acids is 1. The molecule has 0 saturated heterocycles. The minimum absolute atomic E-state index is 0.00789. The first-order valence-corrected chi connectivity index (χ1v) is 7.64. The lowest BCUT2D eigenvalue weighted by Crippen LogP contribution is -2.32. The molecular weight excluding hydrogens is 278 g/mol. The van der Waals surface area contributed by atoms with Gasteiger partial charge >= 0.3 is 0 Å². The summed E-state index contributed by atoms with van der Waals surface area (Å²) in [6.45, 7) is 0.825. The average Bonchev–Trinajstić information content (AvgIpc) is 2.42. The minimum atomic E-state index is -0.00789. The predicted octanol–water partition coefficient (Wildman–Crippen LogP) is 4.28. The highest BCUT2D eigenvalue weighted by Gasteiger charge is 2.20. The van der Waals surface area contributed by atoms with Gasteiger partial charge < -0.3 is 4.90 Å². The molecule has 1 fully saturated rings. The van der Waals surface area contributed by atoms with Gasteiger partial charge in [-0.3, -0.25) is 4.79 Å². The lowest BCUT2D eigenvalue weighted by atomic mass is 9.89. The Hall–Kier alpha value is -0.670. The number of benzene rings is 1. The van der Waals surface area contributed by atoms with Crippen LogP contribution >= 0.6 is 24.2 Å². The van der Waals surface area contributed by atoms with Crippen LogP contribution < -0.4 is 0 Å². The standard InChI is InChI=1S/C15H20ClNOS/c1-17(10-11-5-3-2-4-6-11)15(18)13-9-12(19)7-8-14(13)16/h7-9,11,19H,2-6,10H2,1H3. The second-order valence-corrected chi connectivity index (χ2v) is 6.28. The molecule has 1 amide bonds. The minimum Gasteiger partial charge on any atom is -0.341 e. The number of nitrogens with zero attached hydrogens (tertiary/aromatic N) is 1. The Kier molecular flexibility index (Phi) is 5.17. The van der Waals surface area contributed by atoms with Crippen molar-refractivity contribution >= 4 is 30.1 Å². The summed E-state index contributed by atoms with van der Waals surface area (Å²) in [6.07, 6.45) is 6.39. The topological polar surface area (TPSA) is 20.3 Å². The van der Waals surface area contributed by atoms with E-state index in [0.29, 0.717) is 16.5 Å². The Morgan fingerprint density at radius 3 is 2.74 bits per heavy atom. The summed E-state index contributed by atoms with van der Waals surface area (Å²) in [5, 5.41) is 0.498. The van der Waals surface area contributed by atoms with Crippen LogP contribution in [-0.2, 0) is 0 Å². The molecule has 0 spiro atoms. The highest BCUT2D eigenvalue weighted by Crippen LogP contribution is 2.26. The monoisotopic (exact) mass is 297 g/mol. The molecule has 0 aliphatic heterocycles. The van der Waals surface area contributed by atoms with Gasteiger partial charge in [-0.25, -0.2) is 0 Å². The summed E-state index contributed by atoms with van der Waals surface area (Å²) in [6, 6.07) is 5.26. The number of carbonyl (C=O) groups is 1. The number of hydrogen-bond acceptors (Lipinski definition) is 2. The molecule has 2 nitrogen and oxygen atoms in total. The summed E-state index contributed by atoms with van der Waals surface area (Å²) in [5.41, 5.74) is 0.549. The van der Waals surface area contributed by atoms with Crippen LogP contribution in [0.25, 0.3) is 0 Å². The van der Waals surface area contributed by atoms with Gasteiger partial charge in [-0.05, 0) is 37.0 Å². The van der Waals surface area contributed by atoms with Crippen LogP contribution in [-0.4, -0.2) is 24.4 Å². The van der Waals surface area contributed by atoms with Gasteiger partial charge in [-0.15, -0.1) is 12.6 Å². The zero-order valence-corrected chi connectivity index (χ0v) is 12.9. The third-order valence-electron chi connectivity index (χ3n) is 3.78. The molecule has 0 aromatic heterocycles. The molecule has 104 valence electrons. The molecule has 0 atom stereocenters. The molecular formula is C15H20ClNOS. The first kappa shape index (κ1) is 14.7. The second kappa shape index (κ2) is 6.67. The van der Waals surface area contributed by atoms with E-state index in [2.05, 4.69) is 12.6 Å². The third-order valence-corrected chi connectivity index (χ3v) is 4.39. The Balaban J connectivity index is 2.03. The maximum Gasteiger partial charge on any atom is 0.255 e. The molecule has 4 heteroatoms. The van der Waals surface area contributed by atoms with Gasteiger partial charge in [0.15, 0.2) is 0 Å². The molecule has 1 saturated carbocycles. The normalized spacial score (nSPS) is 16.4. The molecule has 0 radical (unpaired) electrons. The predicted molar refractivity (Wildman–Crippen MR) is 82.2 cm³/mol. The maximum atomic E-state index is 12.4. The van der Waals surface area contributed by atoms with Crippen molar-refractivity contribution in [3.8, 4) is 0 Å². The first-order chi connectivity index (χ1) is 9.08. The zero-order chi connectivity index (χ0) is 13.8. The van der Waals surface area contributed by atoms with Crippen molar-refractivity contribution < 1.29 is 4.79 Å². The molecule has 19 heavy (non-hydrogen) atoms. The Bertz CT molecular complexity index is 457. The van der Waals surface area contributed by atoms with E-state index in [0.717, 1.165) is 11.4 Å². The second-order valence-electron chi connectivity index (χ2n) is 5.35. The van der Waals surface area contributed by atoms with Crippen LogP contribution in [0.5, 0.6) is 0 Å². The van der Waals surface area contributed by atoms with Gasteiger partial charge in [0.25, 0.3) is 5.91 Å². The molecule has 2 rings (SSSR count). The van der Waals surface area contributed by atoms with Crippen LogP contribution in [0.2, 0.25) is 5.02 Å². The third kappa shape index (κ3) is 3.90. The van der Waals surface area contributed by atoms with E-state index < -0.39 is 0 Å². The van der Waals surface area contributed by atoms with Crippen LogP contribution in [0, 0.1) is 5.92 Å². The van der Waals surface area contributed by atoms with Gasteiger partial charge in [0.1, 0.15) is 0 Å². The van der Waals surface area contributed by atoms with Gasteiger partial charge in [-0.1, -0.05) is 30.9 Å². The van der Waals surface area contributed by atoms with E-state index in [1.165, 1.54) is 32.1 Å². The fourth-order valence-electron chi connectivity index (χ4n) is 2.72. The smallest absolute Gasteiger partial charge is 0.255 e. The molecule has 1 aliphatic carbocycles. The number of thiol groups is 1. The van der Waals surface area contributed by atoms with Crippen LogP contribution in [0.3, 0.4) is 0 Å². The Morgan fingerprint density at radius 2 is 2.05 bits per heavy atom. The molecule has 1 aliphatic rings. The summed E-state index contributed by atoms with van der Waals surface area (Å²) in [7, 11) is 1.86. The fourth-order valence-corrected chi connectivity index (χ4v) is 3.12. The summed E-state index contributed by atoms with van der Waals surface area (Å²) in [5.74, 6) is 0.632. The zero-order valence-electron chi connectivity index (χ0n) is 11.2. The van der Waals surface area contributed by atoms with Crippen molar-refractivity contribution in [1.82, 2.24) is 4.90 Å². The van der Waals surface area contributed by atoms with E-state index in [1.807, 2.05) is 7.05 Å². The van der Waals surface area contributed by atoms with Crippen molar-refractivity contribution in [1.29, 1.82) is 0 Å². The number of hydrogen-bond donors (Lipinski definition) is 1. The van der Waals surface area contributed by atoms with Crippen molar-refractivity contribution in [3.63, 3.8) is 0 Å². The van der Waals surface area contributed by atoms with E-state index in [9.17, 15) is 4.79 Å². The lowest BCUT2D eigenvalue weighted by Gasteiger charge is -2.27. The van der Waals surface area contributed by atoms with E-state index >= 15 is 0 Å². The fraction of sp³-hybridized carbons (Fsp3) is 0.533. The highest BCUT2D eigenvalue weighted by molar-refractivity contribution is 7.80. The molecule has 0 unspecified atom stereocenters. The van der Waals surface area contributed by atoms with Crippen LogP contribution in [0.1, 0.15) is 42.5 Å². The van der Waals surface area contributed by atoms with Crippen molar-refractivity contribution in [2.75, 3.05) is 13.6 Å². The van der Waals surface area contributed by atoms with Gasteiger partial charge in [0, 0.05) is 18.5 Å². The quantitative estimate of drug-likeness (QED) is 0.826. The molecule has 0 N–H and O–H groups in total. The maximum absolute atomic E-state index is 12.4. The van der Waals surface area contributed by atoms with Crippen LogP contribution in [0.4, 0.5) is 0 Å². The summed E-state index contributed by atoms with van der Waals surface area (Å²) in [4.78, 5) is 15.0. The largest absolute Gasteiger partial charge is 0.341 e. The van der Waals surface area contributed by atoms with E-state index in [1.54, 1.807) is 23.1 Å². The van der Waals surface area contributed by atoms with Crippen molar-refractivity contribution in [3.05, 3.63) is 28.8 Å². The molecule has 1 aromatic rings. The SMILES string of the molecule is CN(CC1CCCCC1)C(=O)c1cc(S)ccc1Cl. The lowest BCUT2D eigenvalue weighted by molar-refractivity contribution is 0.0760. The molecule has 0 bridgehead atoms. The number of rotatable bonds is 3. The van der Waals surface area contributed by atoms with Crippen LogP contribution in [0.15, 0.2) is 23.1 Å². The Morgan fingerprint density at radius 1 is 1.37 bits per heavy atom. The van der Waals surface area contributed by atoms with Gasteiger partial charge in [0.05, 0.1) is 10.6 Å². The summed E-state index contributed by atoms with van der Waals surface area (Å²) >= 11 is 10.4. The van der Waals surface area contributed by atoms with Gasteiger partial charge in [0.2, 0.25) is 0 Å². The molecule has 0 heterocycles. The van der Waals surface area contributed by atoms with Gasteiger partial charge in [-0.2, -0.15) is 0 Å². The molecule has 1 aromatic carbocycles. The summed E-state index contributed by atoms with van der Waals surface area (Å²) < 4.78 is 0.